The predicted molar refractivity (Wildman–Crippen MR) is 115 cm³/mol. The third-order valence-corrected chi connectivity index (χ3v) is 6.51. The van der Waals surface area contributed by atoms with E-state index in [4.69, 9.17) is 4.74 Å². The molecule has 1 aliphatic rings. The van der Waals surface area contributed by atoms with Gasteiger partial charge in [0.05, 0.1) is 12.7 Å². The minimum atomic E-state index is -0.381. The van der Waals surface area contributed by atoms with Crippen LogP contribution >= 0.6 is 11.3 Å². The number of carbonyl (C=O) groups excluding carboxylic acids is 2. The lowest BCUT2D eigenvalue weighted by atomic mass is 9.72. The van der Waals surface area contributed by atoms with Crippen molar-refractivity contribution in [2.75, 3.05) is 12.4 Å². The van der Waals surface area contributed by atoms with Crippen LogP contribution < -0.4 is 5.32 Å². The first-order valence-corrected chi connectivity index (χ1v) is 10.4. The van der Waals surface area contributed by atoms with Gasteiger partial charge in [0.15, 0.2) is 0 Å². The van der Waals surface area contributed by atoms with Crippen molar-refractivity contribution in [2.24, 2.45) is 11.3 Å². The molecule has 1 atom stereocenters. The van der Waals surface area contributed by atoms with E-state index < -0.39 is 0 Å². The van der Waals surface area contributed by atoms with E-state index in [9.17, 15) is 9.59 Å². The van der Waals surface area contributed by atoms with Gasteiger partial charge in [0.1, 0.15) is 5.00 Å². The summed E-state index contributed by atoms with van der Waals surface area (Å²) in [6, 6.07) is 9.64. The van der Waals surface area contributed by atoms with Crippen LogP contribution in [0.5, 0.6) is 0 Å². The molecule has 1 amide bonds. The second kappa shape index (κ2) is 8.31. The van der Waals surface area contributed by atoms with Crippen molar-refractivity contribution < 1.29 is 14.3 Å². The summed E-state index contributed by atoms with van der Waals surface area (Å²) < 4.78 is 5.00. The first-order valence-electron chi connectivity index (χ1n) is 9.56. The summed E-state index contributed by atoms with van der Waals surface area (Å²) in [5.74, 6) is -0.0697. The number of esters is 1. The fraction of sp³-hybridized carbons (Fsp3) is 0.391. The lowest BCUT2D eigenvalue weighted by Gasteiger charge is -2.33. The van der Waals surface area contributed by atoms with E-state index >= 15 is 0 Å². The Labute approximate surface area is 170 Å². The number of fused-ring (bicyclic) bond motifs is 1. The number of nitrogens with one attached hydrogen (secondary N) is 1. The zero-order valence-corrected chi connectivity index (χ0v) is 17.7. The number of amides is 1. The molecule has 0 saturated heterocycles. The number of ether oxygens (including phenoxy) is 1. The number of methoxy groups -OCH3 is 1. The van der Waals surface area contributed by atoms with E-state index in [0.717, 1.165) is 30.4 Å². The highest BCUT2D eigenvalue weighted by molar-refractivity contribution is 7.17. The lowest BCUT2D eigenvalue weighted by molar-refractivity contribution is -0.111. The molecule has 0 fully saturated rings. The topological polar surface area (TPSA) is 55.4 Å². The Morgan fingerprint density at radius 2 is 1.93 bits per heavy atom. The molecule has 3 rings (SSSR count). The van der Waals surface area contributed by atoms with Gasteiger partial charge in [-0.1, -0.05) is 51.1 Å². The van der Waals surface area contributed by atoms with Crippen molar-refractivity contribution in [3.8, 4) is 0 Å². The largest absolute Gasteiger partial charge is 0.465 e. The van der Waals surface area contributed by atoms with E-state index in [1.165, 1.54) is 29.4 Å². The molecule has 1 aliphatic carbocycles. The maximum Gasteiger partial charge on any atom is 0.341 e. The Bertz CT molecular complexity index is 891. The number of benzene rings is 1. The first kappa shape index (κ1) is 20.3. The van der Waals surface area contributed by atoms with Gasteiger partial charge in [-0.05, 0) is 47.8 Å². The monoisotopic (exact) mass is 397 g/mol. The molecule has 0 aliphatic heterocycles. The minimum absolute atomic E-state index is 0.217. The molecule has 1 heterocycles. The van der Waals surface area contributed by atoms with Crippen LogP contribution in [0.25, 0.3) is 6.08 Å². The van der Waals surface area contributed by atoms with Gasteiger partial charge in [-0.3, -0.25) is 4.79 Å². The Morgan fingerprint density at radius 3 is 2.57 bits per heavy atom. The van der Waals surface area contributed by atoms with Crippen molar-refractivity contribution in [2.45, 2.75) is 40.0 Å². The van der Waals surface area contributed by atoms with E-state index in [2.05, 4.69) is 26.1 Å². The Hall–Kier alpha value is -2.40. The number of rotatable bonds is 4. The van der Waals surface area contributed by atoms with Gasteiger partial charge < -0.3 is 10.1 Å². The van der Waals surface area contributed by atoms with E-state index in [-0.39, 0.29) is 17.3 Å². The average molecular weight is 398 g/mol. The van der Waals surface area contributed by atoms with Crippen molar-refractivity contribution in [1.82, 2.24) is 0 Å². The molecule has 1 N–H and O–H groups in total. The smallest absolute Gasteiger partial charge is 0.341 e. The molecule has 1 aromatic heterocycles. The first-order chi connectivity index (χ1) is 13.3. The van der Waals surface area contributed by atoms with Crippen LogP contribution in [0.4, 0.5) is 5.00 Å². The summed E-state index contributed by atoms with van der Waals surface area (Å²) in [5.41, 5.74) is 2.73. The number of carbonyl (C=O) groups is 2. The van der Waals surface area contributed by atoms with Crippen LogP contribution in [0.15, 0.2) is 36.4 Å². The van der Waals surface area contributed by atoms with Gasteiger partial charge in [-0.15, -0.1) is 11.3 Å². The number of anilines is 1. The van der Waals surface area contributed by atoms with Crippen LogP contribution in [-0.4, -0.2) is 19.0 Å². The Balaban J connectivity index is 1.84. The maximum absolute atomic E-state index is 12.4. The fourth-order valence-corrected chi connectivity index (χ4v) is 4.94. The summed E-state index contributed by atoms with van der Waals surface area (Å²) in [6.45, 7) is 6.78. The second-order valence-electron chi connectivity index (χ2n) is 8.24. The summed E-state index contributed by atoms with van der Waals surface area (Å²) in [5, 5.41) is 3.49. The Kier molecular flexibility index (Phi) is 6.04. The third-order valence-electron chi connectivity index (χ3n) is 5.34. The zero-order chi connectivity index (χ0) is 20.3. The number of thiophene rings is 1. The van der Waals surface area contributed by atoms with Crippen molar-refractivity contribution in [1.29, 1.82) is 0 Å². The molecule has 5 heteroatoms. The molecule has 2 aromatic rings. The van der Waals surface area contributed by atoms with Crippen LogP contribution in [-0.2, 0) is 22.4 Å². The average Bonchev–Trinajstić information content (AvgIpc) is 3.02. The summed E-state index contributed by atoms with van der Waals surface area (Å²) in [6.07, 6.45) is 6.07. The summed E-state index contributed by atoms with van der Waals surface area (Å²) in [4.78, 5) is 26.1. The molecule has 0 spiro atoms. The number of hydrogen-bond acceptors (Lipinski definition) is 4. The van der Waals surface area contributed by atoms with Crippen LogP contribution in [0, 0.1) is 11.3 Å². The van der Waals surface area contributed by atoms with Crippen molar-refractivity contribution in [3.63, 3.8) is 0 Å². The zero-order valence-electron chi connectivity index (χ0n) is 16.9. The Morgan fingerprint density at radius 1 is 1.21 bits per heavy atom. The molecule has 4 nitrogen and oxygen atoms in total. The molecule has 1 aromatic carbocycles. The lowest BCUT2D eigenvalue weighted by Crippen LogP contribution is -2.26. The van der Waals surface area contributed by atoms with Crippen molar-refractivity contribution >= 4 is 34.3 Å². The fourth-order valence-electron chi connectivity index (χ4n) is 3.62. The molecule has 1 unspecified atom stereocenters. The maximum atomic E-state index is 12.4. The molecule has 0 radical (unpaired) electrons. The highest BCUT2D eigenvalue weighted by Crippen LogP contribution is 2.44. The van der Waals surface area contributed by atoms with Crippen LogP contribution in [0.3, 0.4) is 0 Å². The molecule has 148 valence electrons. The van der Waals surface area contributed by atoms with Gasteiger partial charge in [0, 0.05) is 11.0 Å². The summed E-state index contributed by atoms with van der Waals surface area (Å²) >= 11 is 1.51. The van der Waals surface area contributed by atoms with Crippen molar-refractivity contribution in [3.05, 3.63) is 58.0 Å². The third kappa shape index (κ3) is 4.53. The van der Waals surface area contributed by atoms with Crippen LogP contribution in [0.2, 0.25) is 0 Å². The quantitative estimate of drug-likeness (QED) is 0.560. The van der Waals surface area contributed by atoms with Gasteiger partial charge in [0.25, 0.3) is 0 Å². The highest BCUT2D eigenvalue weighted by atomic mass is 32.1. The molecule has 28 heavy (non-hydrogen) atoms. The van der Waals surface area contributed by atoms with Gasteiger partial charge in [0.2, 0.25) is 5.91 Å². The number of hydrogen-bond donors (Lipinski definition) is 1. The normalized spacial score (nSPS) is 16.6. The minimum Gasteiger partial charge on any atom is -0.465 e. The SMILES string of the molecule is COC(=O)c1c(NC(=O)/C=C/c2ccccc2)sc2c1CCC(C(C)(C)C)C2. The van der Waals surface area contributed by atoms with Crippen LogP contribution in [0.1, 0.15) is 53.6 Å². The van der Waals surface area contributed by atoms with E-state index in [1.54, 1.807) is 6.08 Å². The molecule has 0 saturated carbocycles. The molecular formula is C23H27NO3S. The molecule has 0 bridgehead atoms. The highest BCUT2D eigenvalue weighted by Gasteiger charge is 2.34. The van der Waals surface area contributed by atoms with E-state index in [0.29, 0.717) is 16.5 Å². The summed E-state index contributed by atoms with van der Waals surface area (Å²) in [7, 11) is 1.38. The standard InChI is InChI=1S/C23H27NO3S/c1-23(2,3)16-11-12-17-18(14-16)28-21(20(17)22(26)27-4)24-19(25)13-10-15-8-6-5-7-9-15/h5-10,13,16H,11-12,14H2,1-4H3,(H,24,25)/b13-10+. The predicted octanol–water partition coefficient (Wildman–Crippen LogP) is 5.34. The van der Waals surface area contributed by atoms with E-state index in [1.807, 2.05) is 30.3 Å². The van der Waals surface area contributed by atoms with Gasteiger partial charge in [-0.2, -0.15) is 0 Å². The second-order valence-corrected chi connectivity index (χ2v) is 9.34. The molecular weight excluding hydrogens is 370 g/mol. The van der Waals surface area contributed by atoms with Gasteiger partial charge in [-0.25, -0.2) is 4.79 Å². The van der Waals surface area contributed by atoms with Gasteiger partial charge >= 0.3 is 5.97 Å².